The summed E-state index contributed by atoms with van der Waals surface area (Å²) in [7, 11) is 0. The molecule has 0 bridgehead atoms. The lowest BCUT2D eigenvalue weighted by Gasteiger charge is -2.06. The van der Waals surface area contributed by atoms with E-state index in [1.54, 1.807) is 6.92 Å². The van der Waals surface area contributed by atoms with Crippen molar-refractivity contribution < 1.29 is 8.78 Å². The number of nitrogens with zero attached hydrogens (tertiary/aromatic N) is 1. The molecule has 1 aromatic carbocycles. The second kappa shape index (κ2) is 3.15. The Balaban J connectivity index is 2.97. The fraction of sp³-hybridized carbons (Fsp3) is 0.182. The fourth-order valence-electron chi connectivity index (χ4n) is 1.51. The lowest BCUT2D eigenvalue weighted by Crippen LogP contribution is -1.98. The highest BCUT2D eigenvalue weighted by atomic mass is 19.1. The first kappa shape index (κ1) is 9.83. The largest absolute Gasteiger partial charge is 0.383 e. The van der Waals surface area contributed by atoms with E-state index in [0.29, 0.717) is 5.56 Å². The Morgan fingerprint density at radius 3 is 2.47 bits per heavy atom. The Hall–Kier alpha value is -1.71. The van der Waals surface area contributed by atoms with E-state index >= 15 is 0 Å². The van der Waals surface area contributed by atoms with Gasteiger partial charge in [0.1, 0.15) is 23.0 Å². The third-order valence-corrected chi connectivity index (χ3v) is 2.40. The minimum absolute atomic E-state index is 0.0128. The summed E-state index contributed by atoms with van der Waals surface area (Å²) < 4.78 is 27.1. The molecule has 0 aliphatic carbocycles. The number of benzene rings is 1. The van der Waals surface area contributed by atoms with Gasteiger partial charge in [-0.1, -0.05) is 0 Å². The van der Waals surface area contributed by atoms with Crippen molar-refractivity contribution in [2.24, 2.45) is 0 Å². The Labute approximate surface area is 85.7 Å². The summed E-state index contributed by atoms with van der Waals surface area (Å²) in [5.41, 5.74) is 6.44. The van der Waals surface area contributed by atoms with Gasteiger partial charge in [-0.05, 0) is 37.1 Å². The van der Waals surface area contributed by atoms with Crippen LogP contribution in [0, 0.1) is 25.5 Å². The predicted molar refractivity (Wildman–Crippen MR) is 55.5 cm³/mol. The molecule has 0 radical (unpaired) electrons. The van der Waals surface area contributed by atoms with E-state index in [1.807, 2.05) is 0 Å². The molecule has 2 aromatic rings. The molecular formula is C11H10F2N2. The standard InChI is InChI=1S/C11H10F2N2/c1-5-4-8(12)10-7(9(5)13)3-6(2)11(14)15-10/h3-4H,1-2H3,(H2,14,15). The summed E-state index contributed by atoms with van der Waals surface area (Å²) in [5, 5.41) is 0.180. The van der Waals surface area contributed by atoms with E-state index in [9.17, 15) is 8.78 Å². The van der Waals surface area contributed by atoms with Crippen molar-refractivity contribution in [2.75, 3.05) is 5.73 Å². The van der Waals surface area contributed by atoms with Gasteiger partial charge < -0.3 is 5.73 Å². The van der Waals surface area contributed by atoms with Crippen LogP contribution >= 0.6 is 0 Å². The van der Waals surface area contributed by atoms with E-state index < -0.39 is 11.6 Å². The molecule has 2 N–H and O–H groups in total. The molecular weight excluding hydrogens is 198 g/mol. The van der Waals surface area contributed by atoms with Crippen molar-refractivity contribution in [1.29, 1.82) is 0 Å². The van der Waals surface area contributed by atoms with Gasteiger partial charge in [0.15, 0.2) is 0 Å². The summed E-state index contributed by atoms with van der Waals surface area (Å²) in [4.78, 5) is 3.84. The minimum Gasteiger partial charge on any atom is -0.383 e. The highest BCUT2D eigenvalue weighted by molar-refractivity contribution is 5.83. The molecule has 1 aromatic heterocycles. The average Bonchev–Trinajstić information content (AvgIpc) is 2.18. The van der Waals surface area contributed by atoms with Gasteiger partial charge >= 0.3 is 0 Å². The van der Waals surface area contributed by atoms with Crippen molar-refractivity contribution in [2.45, 2.75) is 13.8 Å². The Morgan fingerprint density at radius 2 is 1.80 bits per heavy atom. The van der Waals surface area contributed by atoms with Crippen LogP contribution in [0.5, 0.6) is 0 Å². The van der Waals surface area contributed by atoms with E-state index in [2.05, 4.69) is 4.98 Å². The van der Waals surface area contributed by atoms with Crippen LogP contribution in [0.4, 0.5) is 14.6 Å². The molecule has 15 heavy (non-hydrogen) atoms. The zero-order valence-electron chi connectivity index (χ0n) is 8.44. The average molecular weight is 208 g/mol. The van der Waals surface area contributed by atoms with Gasteiger partial charge in [0.25, 0.3) is 0 Å². The first-order chi connectivity index (χ1) is 7.00. The van der Waals surface area contributed by atoms with Gasteiger partial charge in [0, 0.05) is 5.39 Å². The zero-order valence-corrected chi connectivity index (χ0v) is 8.44. The summed E-state index contributed by atoms with van der Waals surface area (Å²) >= 11 is 0. The number of nitrogens with two attached hydrogens (primary N) is 1. The number of aryl methyl sites for hydroxylation is 2. The Morgan fingerprint density at radius 1 is 1.13 bits per heavy atom. The van der Waals surface area contributed by atoms with Crippen LogP contribution in [0.25, 0.3) is 10.9 Å². The quantitative estimate of drug-likeness (QED) is 0.722. The Bertz CT molecular complexity index is 550. The molecule has 0 unspecified atom stereocenters. The molecule has 0 saturated heterocycles. The van der Waals surface area contributed by atoms with Crippen LogP contribution in [-0.2, 0) is 0 Å². The monoisotopic (exact) mass is 208 g/mol. The Kier molecular flexibility index (Phi) is 2.07. The van der Waals surface area contributed by atoms with Crippen molar-refractivity contribution in [3.05, 3.63) is 34.9 Å². The second-order valence-corrected chi connectivity index (χ2v) is 3.58. The molecule has 0 saturated carbocycles. The normalized spacial score (nSPS) is 10.9. The van der Waals surface area contributed by atoms with Crippen LogP contribution in [0.1, 0.15) is 11.1 Å². The maximum Gasteiger partial charge on any atom is 0.149 e. The summed E-state index contributed by atoms with van der Waals surface area (Å²) in [5.74, 6) is -0.762. The minimum atomic E-state index is -0.546. The highest BCUT2D eigenvalue weighted by Crippen LogP contribution is 2.25. The van der Waals surface area contributed by atoms with Crippen LogP contribution in [0.3, 0.4) is 0 Å². The summed E-state index contributed by atoms with van der Waals surface area (Å²) in [6.07, 6.45) is 0. The van der Waals surface area contributed by atoms with Gasteiger partial charge in [0.2, 0.25) is 0 Å². The molecule has 0 fully saturated rings. The van der Waals surface area contributed by atoms with Crippen LogP contribution in [-0.4, -0.2) is 4.98 Å². The second-order valence-electron chi connectivity index (χ2n) is 3.58. The first-order valence-corrected chi connectivity index (χ1v) is 4.52. The summed E-state index contributed by atoms with van der Waals surface area (Å²) in [6.45, 7) is 3.23. The first-order valence-electron chi connectivity index (χ1n) is 4.52. The molecule has 2 nitrogen and oxygen atoms in total. The molecule has 2 rings (SSSR count). The fourth-order valence-corrected chi connectivity index (χ4v) is 1.51. The third-order valence-electron chi connectivity index (χ3n) is 2.40. The van der Waals surface area contributed by atoms with Gasteiger partial charge in [0.05, 0.1) is 0 Å². The van der Waals surface area contributed by atoms with Crippen LogP contribution in [0.2, 0.25) is 0 Å². The molecule has 0 atom stereocenters. The van der Waals surface area contributed by atoms with Crippen molar-refractivity contribution >= 4 is 16.7 Å². The number of hydrogen-bond donors (Lipinski definition) is 1. The van der Waals surface area contributed by atoms with E-state index in [-0.39, 0.29) is 22.3 Å². The summed E-state index contributed by atoms with van der Waals surface area (Å²) in [6, 6.07) is 2.64. The molecule has 0 aliphatic heterocycles. The van der Waals surface area contributed by atoms with Gasteiger partial charge in [-0.25, -0.2) is 13.8 Å². The van der Waals surface area contributed by atoms with E-state index in [4.69, 9.17) is 5.73 Å². The lowest BCUT2D eigenvalue weighted by atomic mass is 10.1. The third kappa shape index (κ3) is 1.42. The van der Waals surface area contributed by atoms with E-state index in [1.165, 1.54) is 13.0 Å². The molecule has 1 heterocycles. The molecule has 4 heteroatoms. The number of hydrogen-bond acceptors (Lipinski definition) is 2. The van der Waals surface area contributed by atoms with Crippen molar-refractivity contribution in [3.63, 3.8) is 0 Å². The van der Waals surface area contributed by atoms with Gasteiger partial charge in [-0.3, -0.25) is 0 Å². The van der Waals surface area contributed by atoms with Crippen molar-refractivity contribution in [3.8, 4) is 0 Å². The predicted octanol–water partition coefficient (Wildman–Crippen LogP) is 2.71. The van der Waals surface area contributed by atoms with Gasteiger partial charge in [-0.15, -0.1) is 0 Å². The van der Waals surface area contributed by atoms with Gasteiger partial charge in [-0.2, -0.15) is 0 Å². The molecule has 78 valence electrons. The van der Waals surface area contributed by atoms with Crippen LogP contribution < -0.4 is 5.73 Å². The smallest absolute Gasteiger partial charge is 0.149 e. The maximum absolute atomic E-state index is 13.6. The van der Waals surface area contributed by atoms with E-state index in [0.717, 1.165) is 6.07 Å². The highest BCUT2D eigenvalue weighted by Gasteiger charge is 2.12. The number of aromatic nitrogens is 1. The van der Waals surface area contributed by atoms with Crippen LogP contribution in [0.15, 0.2) is 12.1 Å². The maximum atomic E-state index is 13.6. The number of nitrogen functional groups attached to an aromatic ring is 1. The number of fused-ring (bicyclic) bond motifs is 1. The SMILES string of the molecule is Cc1cc2c(F)c(C)cc(F)c2nc1N. The lowest BCUT2D eigenvalue weighted by molar-refractivity contribution is 0.608. The number of halogens is 2. The van der Waals surface area contributed by atoms with Crippen molar-refractivity contribution in [1.82, 2.24) is 4.98 Å². The number of pyridine rings is 1. The molecule has 0 aliphatic rings. The molecule has 0 spiro atoms. The number of rotatable bonds is 0. The number of anilines is 1. The molecule has 0 amide bonds. The zero-order chi connectivity index (χ0) is 11.2. The topological polar surface area (TPSA) is 38.9 Å².